The van der Waals surface area contributed by atoms with Gasteiger partial charge in [-0.3, -0.25) is 14.7 Å². The Kier molecular flexibility index (Phi) is 3.14. The van der Waals surface area contributed by atoms with Crippen molar-refractivity contribution in [3.8, 4) is 11.1 Å². The molecule has 5 nitrogen and oxygen atoms in total. The van der Waals surface area contributed by atoms with Gasteiger partial charge in [0.2, 0.25) is 0 Å². The lowest BCUT2D eigenvalue weighted by atomic mass is 10.0. The van der Waals surface area contributed by atoms with Crippen LogP contribution in [0.2, 0.25) is 0 Å². The number of aliphatic hydroxyl groups is 1. The zero-order chi connectivity index (χ0) is 14.2. The third kappa shape index (κ3) is 2.77. The van der Waals surface area contributed by atoms with Gasteiger partial charge in [0.25, 0.3) is 0 Å². The minimum Gasteiger partial charge on any atom is -0.389 e. The van der Waals surface area contributed by atoms with Gasteiger partial charge in [0.1, 0.15) is 0 Å². The lowest BCUT2D eigenvalue weighted by Crippen LogP contribution is -2.26. The van der Waals surface area contributed by atoms with Gasteiger partial charge in [0.15, 0.2) is 0 Å². The summed E-state index contributed by atoms with van der Waals surface area (Å²) in [7, 11) is 0. The number of aliphatic imine (C=N–C) groups is 1. The van der Waals surface area contributed by atoms with E-state index in [4.69, 9.17) is 0 Å². The molecule has 0 fully saturated rings. The molecule has 104 valence electrons. The van der Waals surface area contributed by atoms with Gasteiger partial charge in [0.05, 0.1) is 24.0 Å². The fraction of sp³-hybridized carbons (Fsp3) is 0.400. The first-order chi connectivity index (χ1) is 9.51. The second-order valence-corrected chi connectivity index (χ2v) is 5.78. The van der Waals surface area contributed by atoms with Gasteiger partial charge in [-0.15, -0.1) is 0 Å². The second kappa shape index (κ2) is 4.83. The first kappa shape index (κ1) is 13.0. The van der Waals surface area contributed by atoms with Crippen LogP contribution in [0.4, 0.5) is 0 Å². The minimum atomic E-state index is -0.774. The highest BCUT2D eigenvalue weighted by Crippen LogP contribution is 2.21. The van der Waals surface area contributed by atoms with E-state index in [-0.39, 0.29) is 0 Å². The summed E-state index contributed by atoms with van der Waals surface area (Å²) in [4.78, 5) is 8.79. The van der Waals surface area contributed by atoms with Gasteiger partial charge in [-0.1, -0.05) is 0 Å². The van der Waals surface area contributed by atoms with Gasteiger partial charge >= 0.3 is 0 Å². The Labute approximate surface area is 118 Å². The second-order valence-electron chi connectivity index (χ2n) is 5.78. The van der Waals surface area contributed by atoms with Crippen LogP contribution in [0, 0.1) is 0 Å². The number of fused-ring (bicyclic) bond motifs is 1. The summed E-state index contributed by atoms with van der Waals surface area (Å²) < 4.78 is 1.75. The van der Waals surface area contributed by atoms with Crippen LogP contribution in [-0.2, 0) is 13.0 Å². The minimum absolute atomic E-state index is 0.465. The van der Waals surface area contributed by atoms with Crippen molar-refractivity contribution in [2.45, 2.75) is 32.4 Å². The van der Waals surface area contributed by atoms with E-state index in [9.17, 15) is 5.11 Å². The number of hydrogen-bond acceptors (Lipinski definition) is 4. The zero-order valence-corrected chi connectivity index (χ0v) is 11.7. The molecule has 0 atom stereocenters. The molecule has 0 aliphatic carbocycles. The fourth-order valence-corrected chi connectivity index (χ4v) is 2.32. The van der Waals surface area contributed by atoms with Crippen molar-refractivity contribution in [3.05, 3.63) is 35.9 Å². The molecule has 3 rings (SSSR count). The fourth-order valence-electron chi connectivity index (χ4n) is 2.32. The van der Waals surface area contributed by atoms with E-state index in [1.165, 1.54) is 0 Å². The number of nitrogens with zero attached hydrogens (tertiary/aromatic N) is 4. The molecule has 1 aliphatic heterocycles. The van der Waals surface area contributed by atoms with Crippen LogP contribution < -0.4 is 0 Å². The molecular weight excluding hydrogens is 252 g/mol. The van der Waals surface area contributed by atoms with Crippen molar-refractivity contribution in [1.82, 2.24) is 14.8 Å². The molecule has 20 heavy (non-hydrogen) atoms. The van der Waals surface area contributed by atoms with Gasteiger partial charge in [-0.25, -0.2) is 0 Å². The Morgan fingerprint density at radius 1 is 1.30 bits per heavy atom. The molecule has 0 bridgehead atoms. The smallest absolute Gasteiger partial charge is 0.0786 e. The third-order valence-corrected chi connectivity index (χ3v) is 3.23. The van der Waals surface area contributed by atoms with Crippen LogP contribution in [0.1, 0.15) is 25.1 Å². The molecule has 0 saturated heterocycles. The average Bonchev–Trinajstić information content (AvgIpc) is 2.84. The molecule has 2 aromatic heterocycles. The molecule has 0 radical (unpaired) electrons. The zero-order valence-electron chi connectivity index (χ0n) is 11.7. The molecule has 0 spiro atoms. The van der Waals surface area contributed by atoms with E-state index in [0.29, 0.717) is 6.54 Å². The number of pyridine rings is 1. The summed E-state index contributed by atoms with van der Waals surface area (Å²) in [6.45, 7) is 4.83. The molecule has 1 aliphatic rings. The summed E-state index contributed by atoms with van der Waals surface area (Å²) in [5.41, 5.74) is 3.45. The summed E-state index contributed by atoms with van der Waals surface area (Å²) in [6.07, 6.45) is 8.40. The number of rotatable bonds is 3. The maximum Gasteiger partial charge on any atom is 0.0786 e. The van der Waals surface area contributed by atoms with Gasteiger partial charge in [0, 0.05) is 48.3 Å². The molecule has 0 amide bonds. The molecule has 5 heteroatoms. The normalized spacial score (nSPS) is 14.3. The van der Waals surface area contributed by atoms with Crippen LogP contribution >= 0.6 is 0 Å². The molecule has 1 N–H and O–H groups in total. The van der Waals surface area contributed by atoms with Crippen LogP contribution in [0.3, 0.4) is 0 Å². The molecule has 0 unspecified atom stereocenters. The van der Waals surface area contributed by atoms with E-state index >= 15 is 0 Å². The highest BCUT2D eigenvalue weighted by molar-refractivity contribution is 5.84. The lowest BCUT2D eigenvalue weighted by Gasteiger charge is -2.16. The summed E-state index contributed by atoms with van der Waals surface area (Å²) in [6, 6.07) is 2.09. The first-order valence-electron chi connectivity index (χ1n) is 6.75. The predicted molar refractivity (Wildman–Crippen MR) is 77.9 cm³/mol. The summed E-state index contributed by atoms with van der Waals surface area (Å²) in [5.74, 6) is 0. The first-order valence-corrected chi connectivity index (χ1v) is 6.75. The van der Waals surface area contributed by atoms with Crippen molar-refractivity contribution >= 4 is 6.21 Å². The standard InChI is InChI=1S/C15H18N4O/c1-15(2,20)10-19-9-13(8-18-19)11-5-12-6-16-4-3-14(12)17-7-11/h5-9,20H,3-4,10H2,1-2H3. The Hall–Kier alpha value is -2.01. The van der Waals surface area contributed by atoms with Crippen molar-refractivity contribution in [3.63, 3.8) is 0 Å². The molecule has 3 heterocycles. The van der Waals surface area contributed by atoms with E-state index in [1.54, 1.807) is 24.7 Å². The van der Waals surface area contributed by atoms with Gasteiger partial charge < -0.3 is 5.11 Å². The van der Waals surface area contributed by atoms with Crippen molar-refractivity contribution in [2.24, 2.45) is 4.99 Å². The topological polar surface area (TPSA) is 63.3 Å². The average molecular weight is 270 g/mol. The molecule has 0 saturated carbocycles. The summed E-state index contributed by atoms with van der Waals surface area (Å²) >= 11 is 0. The number of aromatic nitrogens is 3. The van der Waals surface area contributed by atoms with Crippen molar-refractivity contribution < 1.29 is 5.11 Å². The lowest BCUT2D eigenvalue weighted by molar-refractivity contribution is 0.0577. The van der Waals surface area contributed by atoms with E-state index < -0.39 is 5.60 Å². The van der Waals surface area contributed by atoms with Crippen molar-refractivity contribution in [2.75, 3.05) is 6.54 Å². The molecule has 2 aromatic rings. The quantitative estimate of drug-likeness (QED) is 0.923. The maximum atomic E-state index is 9.82. The maximum absolute atomic E-state index is 9.82. The number of hydrogen-bond donors (Lipinski definition) is 1. The van der Waals surface area contributed by atoms with E-state index in [0.717, 1.165) is 35.3 Å². The molecule has 0 aromatic carbocycles. The Morgan fingerprint density at radius 3 is 2.95 bits per heavy atom. The largest absolute Gasteiger partial charge is 0.389 e. The SMILES string of the molecule is CC(C)(O)Cn1cc(-c2cnc3c(c2)C=NCC3)cn1. The predicted octanol–water partition coefficient (Wildman–Crippen LogP) is 1.69. The monoisotopic (exact) mass is 270 g/mol. The van der Waals surface area contributed by atoms with Gasteiger partial charge in [-0.2, -0.15) is 5.10 Å². The van der Waals surface area contributed by atoms with Gasteiger partial charge in [-0.05, 0) is 19.9 Å². The van der Waals surface area contributed by atoms with Crippen LogP contribution in [0.5, 0.6) is 0 Å². The van der Waals surface area contributed by atoms with E-state index in [2.05, 4.69) is 21.1 Å². The van der Waals surface area contributed by atoms with E-state index in [1.807, 2.05) is 18.6 Å². The molecular formula is C15H18N4O. The third-order valence-electron chi connectivity index (χ3n) is 3.23. The van der Waals surface area contributed by atoms with Crippen LogP contribution in [0.25, 0.3) is 11.1 Å². The highest BCUT2D eigenvalue weighted by atomic mass is 16.3. The Balaban J connectivity index is 1.89. The Bertz CT molecular complexity index is 652. The van der Waals surface area contributed by atoms with Crippen LogP contribution in [0.15, 0.2) is 29.6 Å². The summed E-state index contributed by atoms with van der Waals surface area (Å²) in [5, 5.41) is 14.1. The van der Waals surface area contributed by atoms with Crippen LogP contribution in [-0.4, -0.2) is 38.2 Å². The van der Waals surface area contributed by atoms with Crippen molar-refractivity contribution in [1.29, 1.82) is 0 Å². The Morgan fingerprint density at radius 2 is 2.15 bits per heavy atom. The highest BCUT2D eigenvalue weighted by Gasteiger charge is 2.15.